The van der Waals surface area contributed by atoms with Crippen molar-refractivity contribution < 1.29 is 4.79 Å². The first-order valence-electron chi connectivity index (χ1n) is 6.06. The average molecular weight is 267 g/mol. The molecule has 0 bridgehead atoms. The number of hydrogen-bond acceptors (Lipinski definition) is 3. The number of aryl methyl sites for hydroxylation is 1. The van der Waals surface area contributed by atoms with Crippen molar-refractivity contribution in [2.24, 2.45) is 0 Å². The topological polar surface area (TPSA) is 74.9 Å². The molecule has 2 rings (SSSR count). The summed E-state index contributed by atoms with van der Waals surface area (Å²) in [5.41, 5.74) is 1.41. The number of benzene rings is 1. The molecule has 0 spiro atoms. The SMILES string of the molecule is Cc1cccn(CC(=O)Nc2cccc(C#N)c2)c1=O. The molecule has 0 saturated carbocycles. The molecule has 0 aliphatic heterocycles. The van der Waals surface area contributed by atoms with Crippen LogP contribution in [0, 0.1) is 18.3 Å². The number of rotatable bonds is 3. The zero-order chi connectivity index (χ0) is 14.5. The van der Waals surface area contributed by atoms with E-state index in [-0.39, 0.29) is 18.0 Å². The molecule has 0 fully saturated rings. The molecule has 5 heteroatoms. The third-order valence-electron chi connectivity index (χ3n) is 2.80. The molecular weight excluding hydrogens is 254 g/mol. The van der Waals surface area contributed by atoms with Crippen LogP contribution in [0.4, 0.5) is 5.69 Å². The molecule has 1 N–H and O–H groups in total. The molecule has 1 aromatic carbocycles. The second-order valence-corrected chi connectivity index (χ2v) is 4.37. The van der Waals surface area contributed by atoms with Gasteiger partial charge in [-0.25, -0.2) is 0 Å². The number of hydrogen-bond donors (Lipinski definition) is 1. The number of amides is 1. The number of carbonyl (C=O) groups excluding carboxylic acids is 1. The molecule has 5 nitrogen and oxygen atoms in total. The lowest BCUT2D eigenvalue weighted by Gasteiger charge is -2.08. The Morgan fingerprint density at radius 2 is 2.15 bits per heavy atom. The van der Waals surface area contributed by atoms with E-state index in [9.17, 15) is 9.59 Å². The van der Waals surface area contributed by atoms with E-state index in [0.717, 1.165) is 0 Å². The monoisotopic (exact) mass is 267 g/mol. The van der Waals surface area contributed by atoms with Crippen LogP contribution < -0.4 is 10.9 Å². The minimum absolute atomic E-state index is 0.0582. The van der Waals surface area contributed by atoms with Crippen molar-refractivity contribution in [2.75, 3.05) is 5.32 Å². The Hall–Kier alpha value is -2.87. The number of carbonyl (C=O) groups is 1. The Labute approximate surface area is 116 Å². The Morgan fingerprint density at radius 1 is 1.35 bits per heavy atom. The molecule has 0 aliphatic rings. The second-order valence-electron chi connectivity index (χ2n) is 4.37. The highest BCUT2D eigenvalue weighted by atomic mass is 16.2. The zero-order valence-electron chi connectivity index (χ0n) is 11.0. The Bertz CT molecular complexity index is 741. The number of nitrogens with zero attached hydrogens (tertiary/aromatic N) is 2. The second kappa shape index (κ2) is 5.85. The van der Waals surface area contributed by atoms with Gasteiger partial charge in [-0.2, -0.15) is 5.26 Å². The van der Waals surface area contributed by atoms with E-state index >= 15 is 0 Å². The Balaban J connectivity index is 2.11. The summed E-state index contributed by atoms with van der Waals surface area (Å²) in [5, 5.41) is 11.5. The number of nitrogens with one attached hydrogen (secondary N) is 1. The number of pyridine rings is 1. The van der Waals surface area contributed by atoms with Crippen LogP contribution in [-0.2, 0) is 11.3 Å². The van der Waals surface area contributed by atoms with E-state index in [2.05, 4.69) is 5.32 Å². The van der Waals surface area contributed by atoms with Crippen LogP contribution in [0.2, 0.25) is 0 Å². The fourth-order valence-corrected chi connectivity index (χ4v) is 1.80. The third-order valence-corrected chi connectivity index (χ3v) is 2.80. The van der Waals surface area contributed by atoms with Crippen molar-refractivity contribution >= 4 is 11.6 Å². The largest absolute Gasteiger partial charge is 0.324 e. The Morgan fingerprint density at radius 3 is 2.90 bits per heavy atom. The van der Waals surface area contributed by atoms with E-state index in [4.69, 9.17) is 5.26 Å². The average Bonchev–Trinajstić information content (AvgIpc) is 2.44. The minimum atomic E-state index is -0.312. The number of anilines is 1. The van der Waals surface area contributed by atoms with Gasteiger partial charge in [-0.15, -0.1) is 0 Å². The lowest BCUT2D eigenvalue weighted by molar-refractivity contribution is -0.116. The van der Waals surface area contributed by atoms with Gasteiger partial charge < -0.3 is 9.88 Å². The molecular formula is C15H13N3O2. The molecule has 20 heavy (non-hydrogen) atoms. The molecule has 0 aliphatic carbocycles. The van der Waals surface area contributed by atoms with Crippen molar-refractivity contribution in [1.29, 1.82) is 5.26 Å². The summed E-state index contributed by atoms with van der Waals surface area (Å²) in [4.78, 5) is 23.7. The van der Waals surface area contributed by atoms with Crippen molar-refractivity contribution in [3.63, 3.8) is 0 Å². The van der Waals surface area contributed by atoms with Gasteiger partial charge >= 0.3 is 0 Å². The van der Waals surface area contributed by atoms with Crippen LogP contribution in [-0.4, -0.2) is 10.5 Å². The maximum atomic E-state index is 11.9. The van der Waals surface area contributed by atoms with E-state index in [1.54, 1.807) is 49.5 Å². The van der Waals surface area contributed by atoms with Gasteiger partial charge in [0.25, 0.3) is 5.56 Å². The van der Waals surface area contributed by atoms with Crippen LogP contribution in [0.15, 0.2) is 47.4 Å². The predicted octanol–water partition coefficient (Wildman–Crippen LogP) is 1.67. The summed E-state index contributed by atoms with van der Waals surface area (Å²) < 4.78 is 1.35. The fraction of sp³-hybridized carbons (Fsp3) is 0.133. The quantitative estimate of drug-likeness (QED) is 0.919. The molecule has 1 aromatic heterocycles. The van der Waals surface area contributed by atoms with Crippen molar-refractivity contribution in [2.45, 2.75) is 13.5 Å². The first-order valence-corrected chi connectivity index (χ1v) is 6.06. The van der Waals surface area contributed by atoms with E-state index < -0.39 is 0 Å². The molecule has 0 saturated heterocycles. The molecule has 1 heterocycles. The highest BCUT2D eigenvalue weighted by Gasteiger charge is 2.06. The minimum Gasteiger partial charge on any atom is -0.324 e. The van der Waals surface area contributed by atoms with E-state index in [0.29, 0.717) is 16.8 Å². The summed E-state index contributed by atoms with van der Waals surface area (Å²) >= 11 is 0. The summed E-state index contributed by atoms with van der Waals surface area (Å²) in [6.45, 7) is 1.64. The number of aromatic nitrogens is 1. The smallest absolute Gasteiger partial charge is 0.253 e. The lowest BCUT2D eigenvalue weighted by Crippen LogP contribution is -2.28. The van der Waals surface area contributed by atoms with Crippen LogP contribution >= 0.6 is 0 Å². The van der Waals surface area contributed by atoms with Gasteiger partial charge in [-0.1, -0.05) is 12.1 Å². The third kappa shape index (κ3) is 3.12. The van der Waals surface area contributed by atoms with Crippen molar-refractivity contribution in [1.82, 2.24) is 4.57 Å². The van der Waals surface area contributed by atoms with Gasteiger partial charge in [0.1, 0.15) is 6.54 Å². The zero-order valence-corrected chi connectivity index (χ0v) is 11.0. The van der Waals surface area contributed by atoms with Crippen LogP contribution in [0.25, 0.3) is 0 Å². The fourth-order valence-electron chi connectivity index (χ4n) is 1.80. The van der Waals surface area contributed by atoms with Gasteiger partial charge in [0.15, 0.2) is 0 Å². The highest BCUT2D eigenvalue weighted by molar-refractivity contribution is 5.90. The van der Waals surface area contributed by atoms with Gasteiger partial charge in [0, 0.05) is 17.4 Å². The maximum absolute atomic E-state index is 11.9. The summed E-state index contributed by atoms with van der Waals surface area (Å²) in [7, 11) is 0. The predicted molar refractivity (Wildman–Crippen MR) is 75.2 cm³/mol. The number of nitriles is 1. The highest BCUT2D eigenvalue weighted by Crippen LogP contribution is 2.09. The van der Waals surface area contributed by atoms with Crippen molar-refractivity contribution in [3.05, 3.63) is 64.1 Å². The Kier molecular flexibility index (Phi) is 3.96. The van der Waals surface area contributed by atoms with Crippen LogP contribution in [0.3, 0.4) is 0 Å². The standard InChI is InChI=1S/C15H13N3O2/c1-11-4-3-7-18(15(11)20)10-14(19)17-13-6-2-5-12(8-13)9-16/h2-8H,10H2,1H3,(H,17,19). The molecule has 0 radical (unpaired) electrons. The van der Waals surface area contributed by atoms with Gasteiger partial charge in [0.05, 0.1) is 11.6 Å². The first kappa shape index (κ1) is 13.6. The lowest BCUT2D eigenvalue weighted by atomic mass is 10.2. The van der Waals surface area contributed by atoms with E-state index in [1.165, 1.54) is 4.57 Å². The van der Waals surface area contributed by atoms with Crippen LogP contribution in [0.5, 0.6) is 0 Å². The van der Waals surface area contributed by atoms with Gasteiger partial charge in [-0.3, -0.25) is 9.59 Å². The maximum Gasteiger partial charge on any atom is 0.253 e. The van der Waals surface area contributed by atoms with Crippen LogP contribution in [0.1, 0.15) is 11.1 Å². The molecule has 0 unspecified atom stereocenters. The first-order chi connectivity index (χ1) is 9.60. The molecule has 1 amide bonds. The summed E-state index contributed by atoms with van der Waals surface area (Å²) in [6.07, 6.45) is 1.57. The summed E-state index contributed by atoms with van der Waals surface area (Å²) in [5.74, 6) is -0.312. The normalized spacial score (nSPS) is 9.80. The summed E-state index contributed by atoms with van der Waals surface area (Å²) in [6, 6.07) is 12.0. The van der Waals surface area contributed by atoms with E-state index in [1.807, 2.05) is 6.07 Å². The molecule has 2 aromatic rings. The van der Waals surface area contributed by atoms with Gasteiger partial charge in [-0.05, 0) is 31.2 Å². The molecule has 100 valence electrons. The van der Waals surface area contributed by atoms with Gasteiger partial charge in [0.2, 0.25) is 5.91 Å². The van der Waals surface area contributed by atoms with Crippen molar-refractivity contribution in [3.8, 4) is 6.07 Å². The molecule has 0 atom stereocenters.